The van der Waals surface area contributed by atoms with Gasteiger partial charge in [0.1, 0.15) is 0 Å². The summed E-state index contributed by atoms with van der Waals surface area (Å²) in [4.78, 5) is 1.42. The Balaban J connectivity index is 2.37. The Kier molecular flexibility index (Phi) is 7.10. The molecule has 0 aromatic carbocycles. The van der Waals surface area contributed by atoms with Gasteiger partial charge in [-0.15, -0.1) is 11.3 Å². The lowest BCUT2D eigenvalue weighted by Gasteiger charge is -2.15. The summed E-state index contributed by atoms with van der Waals surface area (Å²) >= 11 is 7.67. The first-order chi connectivity index (χ1) is 7.76. The summed E-state index contributed by atoms with van der Waals surface area (Å²) in [5, 5.41) is 3.52. The highest BCUT2D eigenvalue weighted by atomic mass is 35.5. The van der Waals surface area contributed by atoms with Crippen LogP contribution in [0.3, 0.4) is 0 Å². The van der Waals surface area contributed by atoms with Gasteiger partial charge in [0.15, 0.2) is 0 Å². The van der Waals surface area contributed by atoms with Crippen molar-refractivity contribution in [3.63, 3.8) is 0 Å². The number of thiophene rings is 1. The molecule has 1 unspecified atom stereocenters. The number of halogens is 1. The van der Waals surface area contributed by atoms with Crippen LogP contribution in [0.1, 0.15) is 38.0 Å². The van der Waals surface area contributed by atoms with Crippen LogP contribution >= 0.6 is 22.9 Å². The maximum Gasteiger partial charge on any atom is 0.0931 e. The van der Waals surface area contributed by atoms with Crippen LogP contribution in [0.4, 0.5) is 0 Å². The number of hydrogen-bond donors (Lipinski definition) is 1. The van der Waals surface area contributed by atoms with E-state index in [1.807, 2.05) is 6.07 Å². The quantitative estimate of drug-likeness (QED) is 0.684. The van der Waals surface area contributed by atoms with Crippen molar-refractivity contribution in [2.45, 2.75) is 39.5 Å². The molecule has 0 bridgehead atoms. The van der Waals surface area contributed by atoms with E-state index in [-0.39, 0.29) is 0 Å². The molecule has 1 aromatic heterocycles. The van der Waals surface area contributed by atoms with Crippen molar-refractivity contribution < 1.29 is 0 Å². The van der Waals surface area contributed by atoms with E-state index in [0.29, 0.717) is 0 Å². The zero-order valence-electron chi connectivity index (χ0n) is 10.3. The van der Waals surface area contributed by atoms with Crippen LogP contribution in [-0.2, 0) is 6.42 Å². The predicted octanol–water partition coefficient (Wildman–Crippen LogP) is 4.36. The van der Waals surface area contributed by atoms with Crippen LogP contribution in [0.2, 0.25) is 4.34 Å². The molecule has 0 saturated heterocycles. The highest BCUT2D eigenvalue weighted by molar-refractivity contribution is 7.16. The van der Waals surface area contributed by atoms with Crippen LogP contribution in [0.5, 0.6) is 0 Å². The second kappa shape index (κ2) is 8.10. The van der Waals surface area contributed by atoms with E-state index in [2.05, 4.69) is 25.2 Å². The van der Waals surface area contributed by atoms with Gasteiger partial charge in [0.25, 0.3) is 0 Å². The van der Waals surface area contributed by atoms with Gasteiger partial charge in [0.05, 0.1) is 4.34 Å². The number of nitrogens with one attached hydrogen (secondary N) is 1. The first-order valence-electron chi connectivity index (χ1n) is 6.21. The average Bonchev–Trinajstić information content (AvgIpc) is 2.65. The van der Waals surface area contributed by atoms with Gasteiger partial charge in [0, 0.05) is 4.88 Å². The SMILES string of the molecule is CCCNCC(CCC)Cc1ccc(Cl)s1. The summed E-state index contributed by atoms with van der Waals surface area (Å²) in [5.41, 5.74) is 0. The van der Waals surface area contributed by atoms with E-state index in [4.69, 9.17) is 11.6 Å². The number of rotatable bonds is 8. The zero-order valence-corrected chi connectivity index (χ0v) is 11.8. The fraction of sp³-hybridized carbons (Fsp3) is 0.692. The third kappa shape index (κ3) is 5.33. The highest BCUT2D eigenvalue weighted by Gasteiger charge is 2.09. The fourth-order valence-electron chi connectivity index (χ4n) is 1.91. The molecule has 0 saturated carbocycles. The zero-order chi connectivity index (χ0) is 11.8. The Labute approximate surface area is 108 Å². The van der Waals surface area contributed by atoms with Gasteiger partial charge >= 0.3 is 0 Å². The van der Waals surface area contributed by atoms with E-state index in [1.54, 1.807) is 11.3 Å². The van der Waals surface area contributed by atoms with Crippen LogP contribution in [-0.4, -0.2) is 13.1 Å². The predicted molar refractivity (Wildman–Crippen MR) is 74.6 cm³/mol. The Bertz CT molecular complexity index is 285. The van der Waals surface area contributed by atoms with Crippen molar-refractivity contribution in [2.75, 3.05) is 13.1 Å². The summed E-state index contributed by atoms with van der Waals surface area (Å²) < 4.78 is 0.909. The van der Waals surface area contributed by atoms with Crippen LogP contribution in [0.15, 0.2) is 12.1 Å². The summed E-state index contributed by atoms with van der Waals surface area (Å²) in [6.45, 7) is 6.73. The molecule has 92 valence electrons. The molecule has 0 aliphatic carbocycles. The Morgan fingerprint density at radius 3 is 2.69 bits per heavy atom. The Morgan fingerprint density at radius 2 is 2.12 bits per heavy atom. The van der Waals surface area contributed by atoms with Gasteiger partial charge in [-0.25, -0.2) is 0 Å². The van der Waals surface area contributed by atoms with Crippen molar-refractivity contribution in [3.05, 3.63) is 21.3 Å². The van der Waals surface area contributed by atoms with E-state index in [0.717, 1.165) is 23.3 Å². The average molecular weight is 260 g/mol. The van der Waals surface area contributed by atoms with Crippen LogP contribution in [0.25, 0.3) is 0 Å². The van der Waals surface area contributed by atoms with Crippen molar-refractivity contribution in [2.24, 2.45) is 5.92 Å². The molecule has 1 aromatic rings. The van der Waals surface area contributed by atoms with Crippen molar-refractivity contribution >= 4 is 22.9 Å². The molecule has 1 rings (SSSR count). The van der Waals surface area contributed by atoms with E-state index in [9.17, 15) is 0 Å². The molecule has 0 aliphatic heterocycles. The minimum Gasteiger partial charge on any atom is -0.316 e. The monoisotopic (exact) mass is 259 g/mol. The number of hydrogen-bond acceptors (Lipinski definition) is 2. The standard InChI is InChI=1S/C13H22ClNS/c1-3-5-11(10-15-8-4-2)9-12-6-7-13(14)16-12/h6-7,11,15H,3-5,8-10H2,1-2H3. The minimum atomic E-state index is 0.756. The third-order valence-corrected chi connectivity index (χ3v) is 3.93. The molecule has 0 amide bonds. The van der Waals surface area contributed by atoms with Crippen molar-refractivity contribution in [3.8, 4) is 0 Å². The van der Waals surface area contributed by atoms with E-state index < -0.39 is 0 Å². The van der Waals surface area contributed by atoms with Gasteiger partial charge in [-0.1, -0.05) is 31.9 Å². The van der Waals surface area contributed by atoms with E-state index >= 15 is 0 Å². The largest absolute Gasteiger partial charge is 0.316 e. The minimum absolute atomic E-state index is 0.756. The maximum absolute atomic E-state index is 5.95. The lowest BCUT2D eigenvalue weighted by Crippen LogP contribution is -2.24. The fourth-order valence-corrected chi connectivity index (χ4v) is 3.12. The second-order valence-corrected chi connectivity index (χ2v) is 6.07. The summed E-state index contributed by atoms with van der Waals surface area (Å²) in [6, 6.07) is 4.17. The summed E-state index contributed by atoms with van der Waals surface area (Å²) in [7, 11) is 0. The molecule has 1 atom stereocenters. The lowest BCUT2D eigenvalue weighted by atomic mass is 9.99. The summed E-state index contributed by atoms with van der Waals surface area (Å²) in [5.74, 6) is 0.756. The van der Waals surface area contributed by atoms with E-state index in [1.165, 1.54) is 30.6 Å². The topological polar surface area (TPSA) is 12.0 Å². The van der Waals surface area contributed by atoms with Gasteiger partial charge in [-0.2, -0.15) is 0 Å². The molecule has 0 radical (unpaired) electrons. The van der Waals surface area contributed by atoms with Crippen molar-refractivity contribution in [1.82, 2.24) is 5.32 Å². The van der Waals surface area contributed by atoms with Crippen molar-refractivity contribution in [1.29, 1.82) is 0 Å². The van der Waals surface area contributed by atoms with Crippen LogP contribution < -0.4 is 5.32 Å². The molecule has 1 N–H and O–H groups in total. The molecule has 3 heteroatoms. The highest BCUT2D eigenvalue weighted by Crippen LogP contribution is 2.25. The first kappa shape index (κ1) is 14.0. The maximum atomic E-state index is 5.95. The molecule has 1 nitrogen and oxygen atoms in total. The first-order valence-corrected chi connectivity index (χ1v) is 7.40. The molecular weight excluding hydrogens is 238 g/mol. The second-order valence-electron chi connectivity index (χ2n) is 4.27. The van der Waals surface area contributed by atoms with Gasteiger partial charge < -0.3 is 5.32 Å². The molecule has 0 spiro atoms. The molecule has 16 heavy (non-hydrogen) atoms. The molecule has 0 fully saturated rings. The van der Waals surface area contributed by atoms with Crippen LogP contribution in [0, 0.1) is 5.92 Å². The normalized spacial score (nSPS) is 12.9. The lowest BCUT2D eigenvalue weighted by molar-refractivity contribution is 0.441. The molecule has 0 aliphatic rings. The third-order valence-electron chi connectivity index (χ3n) is 2.68. The smallest absolute Gasteiger partial charge is 0.0931 e. The summed E-state index contributed by atoms with van der Waals surface area (Å²) in [6.07, 6.45) is 4.94. The molecular formula is C13H22ClNS. The van der Waals surface area contributed by atoms with Gasteiger partial charge in [-0.05, 0) is 50.4 Å². The van der Waals surface area contributed by atoms with Gasteiger partial charge in [0.2, 0.25) is 0 Å². The molecule has 1 heterocycles. The Morgan fingerprint density at radius 1 is 1.31 bits per heavy atom. The van der Waals surface area contributed by atoms with Gasteiger partial charge in [-0.3, -0.25) is 0 Å². The Hall–Kier alpha value is -0.0500.